The first-order valence-corrected chi connectivity index (χ1v) is 7.47. The molecule has 1 aromatic carbocycles. The quantitative estimate of drug-likeness (QED) is 0.922. The third-order valence-electron chi connectivity index (χ3n) is 3.96. The topological polar surface area (TPSA) is 23.5 Å². The van der Waals surface area contributed by atoms with Crippen LogP contribution in [0, 0.1) is 5.92 Å². The van der Waals surface area contributed by atoms with E-state index in [1.807, 2.05) is 0 Å². The molecule has 2 rings (SSSR count). The molecule has 0 aliphatic heterocycles. The Labute approximate surface area is 118 Å². The van der Waals surface area contributed by atoms with E-state index < -0.39 is 0 Å². The van der Waals surface area contributed by atoms with Gasteiger partial charge in [0.2, 0.25) is 0 Å². The van der Waals surface area contributed by atoms with Gasteiger partial charge in [-0.05, 0) is 63.4 Å². The molecule has 0 bridgehead atoms. The molecule has 18 heavy (non-hydrogen) atoms. The normalized spacial score (nSPS) is 26.3. The number of aliphatic hydroxyl groups excluding tert-OH is 1. The van der Waals surface area contributed by atoms with Gasteiger partial charge in [0, 0.05) is 10.5 Å². The standard InChI is InChI=1S/C15H22BrNO/c1-17(2)15(11-3-7-13(16)8-4-11)12-5-9-14(18)10-6-12/h3-4,7-8,12,14-15,18H,5-6,9-10H2,1-2H3. The molecule has 100 valence electrons. The molecule has 1 fully saturated rings. The van der Waals surface area contributed by atoms with E-state index in [0.29, 0.717) is 12.0 Å². The third-order valence-corrected chi connectivity index (χ3v) is 4.48. The van der Waals surface area contributed by atoms with E-state index in [1.54, 1.807) is 0 Å². The van der Waals surface area contributed by atoms with Crippen molar-refractivity contribution in [2.75, 3.05) is 14.1 Å². The van der Waals surface area contributed by atoms with E-state index in [2.05, 4.69) is 59.2 Å². The average molecular weight is 312 g/mol. The second-order valence-corrected chi connectivity index (χ2v) is 6.44. The highest BCUT2D eigenvalue weighted by Crippen LogP contribution is 2.37. The van der Waals surface area contributed by atoms with Crippen LogP contribution in [0.2, 0.25) is 0 Å². The van der Waals surface area contributed by atoms with Gasteiger partial charge in [0.1, 0.15) is 0 Å². The maximum absolute atomic E-state index is 9.63. The highest BCUT2D eigenvalue weighted by Gasteiger charge is 2.29. The minimum Gasteiger partial charge on any atom is -0.393 e. The van der Waals surface area contributed by atoms with Crippen LogP contribution in [-0.4, -0.2) is 30.2 Å². The predicted molar refractivity (Wildman–Crippen MR) is 78.5 cm³/mol. The van der Waals surface area contributed by atoms with Crippen molar-refractivity contribution < 1.29 is 5.11 Å². The Morgan fingerprint density at radius 1 is 1.11 bits per heavy atom. The summed E-state index contributed by atoms with van der Waals surface area (Å²) in [5, 5.41) is 9.63. The molecule has 1 aliphatic carbocycles. The second-order valence-electron chi connectivity index (χ2n) is 5.53. The van der Waals surface area contributed by atoms with Crippen LogP contribution in [0.25, 0.3) is 0 Å². The van der Waals surface area contributed by atoms with E-state index in [0.717, 1.165) is 30.2 Å². The van der Waals surface area contributed by atoms with Crippen molar-refractivity contribution in [1.29, 1.82) is 0 Å². The fourth-order valence-corrected chi connectivity index (χ4v) is 3.33. The Balaban J connectivity index is 2.15. The van der Waals surface area contributed by atoms with Gasteiger partial charge in [-0.25, -0.2) is 0 Å². The maximum Gasteiger partial charge on any atom is 0.0540 e. The molecule has 0 spiro atoms. The number of aliphatic hydroxyl groups is 1. The van der Waals surface area contributed by atoms with Gasteiger partial charge in [-0.1, -0.05) is 28.1 Å². The molecule has 1 unspecified atom stereocenters. The molecule has 1 aliphatic rings. The van der Waals surface area contributed by atoms with Crippen LogP contribution in [0.5, 0.6) is 0 Å². The minimum atomic E-state index is -0.0750. The zero-order chi connectivity index (χ0) is 13.1. The first kappa shape index (κ1) is 14.0. The second kappa shape index (κ2) is 6.18. The fourth-order valence-electron chi connectivity index (χ4n) is 3.07. The largest absolute Gasteiger partial charge is 0.393 e. The number of rotatable bonds is 3. The van der Waals surface area contributed by atoms with Crippen LogP contribution >= 0.6 is 15.9 Å². The zero-order valence-electron chi connectivity index (χ0n) is 11.1. The van der Waals surface area contributed by atoms with E-state index in [4.69, 9.17) is 0 Å². The fraction of sp³-hybridized carbons (Fsp3) is 0.600. The van der Waals surface area contributed by atoms with E-state index in [-0.39, 0.29) is 6.10 Å². The van der Waals surface area contributed by atoms with Crippen LogP contribution in [0.3, 0.4) is 0 Å². The summed E-state index contributed by atoms with van der Waals surface area (Å²) < 4.78 is 1.13. The third kappa shape index (κ3) is 3.34. The van der Waals surface area contributed by atoms with Gasteiger partial charge in [0.15, 0.2) is 0 Å². The lowest BCUT2D eigenvalue weighted by molar-refractivity contribution is 0.0779. The van der Waals surface area contributed by atoms with Crippen molar-refractivity contribution in [2.24, 2.45) is 5.92 Å². The van der Waals surface area contributed by atoms with Gasteiger partial charge in [-0.3, -0.25) is 0 Å². The SMILES string of the molecule is CN(C)C(c1ccc(Br)cc1)C1CCC(O)CC1. The zero-order valence-corrected chi connectivity index (χ0v) is 12.7. The maximum atomic E-state index is 9.63. The summed E-state index contributed by atoms with van der Waals surface area (Å²) in [6.45, 7) is 0. The first-order chi connectivity index (χ1) is 8.58. The average Bonchev–Trinajstić information content (AvgIpc) is 2.34. The van der Waals surface area contributed by atoms with E-state index >= 15 is 0 Å². The van der Waals surface area contributed by atoms with Crippen LogP contribution in [0.1, 0.15) is 37.3 Å². The molecule has 1 aromatic rings. The Bertz CT molecular complexity index is 369. The van der Waals surface area contributed by atoms with Crippen LogP contribution < -0.4 is 0 Å². The van der Waals surface area contributed by atoms with Gasteiger partial charge in [-0.15, -0.1) is 0 Å². The number of hydrogen-bond donors (Lipinski definition) is 1. The minimum absolute atomic E-state index is 0.0750. The predicted octanol–water partition coefficient (Wildman–Crippen LogP) is 3.60. The van der Waals surface area contributed by atoms with Gasteiger partial charge in [-0.2, -0.15) is 0 Å². The molecule has 0 amide bonds. The highest BCUT2D eigenvalue weighted by molar-refractivity contribution is 9.10. The van der Waals surface area contributed by atoms with E-state index in [9.17, 15) is 5.11 Å². The Morgan fingerprint density at radius 2 is 1.67 bits per heavy atom. The lowest BCUT2D eigenvalue weighted by atomic mass is 9.79. The first-order valence-electron chi connectivity index (χ1n) is 6.68. The number of halogens is 1. The Kier molecular flexibility index (Phi) is 4.82. The molecule has 0 saturated heterocycles. The van der Waals surface area contributed by atoms with Crippen molar-refractivity contribution in [3.63, 3.8) is 0 Å². The van der Waals surface area contributed by atoms with E-state index in [1.165, 1.54) is 5.56 Å². The molecule has 2 nitrogen and oxygen atoms in total. The van der Waals surface area contributed by atoms with Crippen LogP contribution in [0.15, 0.2) is 28.7 Å². The van der Waals surface area contributed by atoms with Gasteiger partial charge in [0.25, 0.3) is 0 Å². The summed E-state index contributed by atoms with van der Waals surface area (Å²) >= 11 is 3.49. The van der Waals surface area contributed by atoms with Gasteiger partial charge in [0.05, 0.1) is 6.10 Å². The Morgan fingerprint density at radius 3 is 2.17 bits per heavy atom. The van der Waals surface area contributed by atoms with Crippen molar-refractivity contribution in [3.05, 3.63) is 34.3 Å². The highest BCUT2D eigenvalue weighted by atomic mass is 79.9. The summed E-state index contributed by atoms with van der Waals surface area (Å²) in [5.74, 6) is 0.657. The number of hydrogen-bond acceptors (Lipinski definition) is 2. The molecular formula is C15H22BrNO. The summed E-state index contributed by atoms with van der Waals surface area (Å²) in [6.07, 6.45) is 4.08. The van der Waals surface area contributed by atoms with Crippen LogP contribution in [-0.2, 0) is 0 Å². The summed E-state index contributed by atoms with van der Waals surface area (Å²) in [4.78, 5) is 2.31. The molecule has 3 heteroatoms. The summed E-state index contributed by atoms with van der Waals surface area (Å²) in [7, 11) is 4.30. The van der Waals surface area contributed by atoms with Crippen molar-refractivity contribution in [1.82, 2.24) is 4.90 Å². The molecule has 1 N–H and O–H groups in total. The molecule has 1 saturated carbocycles. The van der Waals surface area contributed by atoms with Crippen molar-refractivity contribution in [3.8, 4) is 0 Å². The lowest BCUT2D eigenvalue weighted by Gasteiger charge is -2.36. The number of nitrogens with zero attached hydrogens (tertiary/aromatic N) is 1. The van der Waals surface area contributed by atoms with Crippen LogP contribution in [0.4, 0.5) is 0 Å². The van der Waals surface area contributed by atoms with Crippen molar-refractivity contribution in [2.45, 2.75) is 37.8 Å². The van der Waals surface area contributed by atoms with Crippen molar-refractivity contribution >= 4 is 15.9 Å². The van der Waals surface area contributed by atoms with Gasteiger partial charge < -0.3 is 10.0 Å². The molecule has 1 atom stereocenters. The van der Waals surface area contributed by atoms with Gasteiger partial charge >= 0.3 is 0 Å². The molecule has 0 heterocycles. The Hall–Kier alpha value is -0.380. The molecular weight excluding hydrogens is 290 g/mol. The summed E-state index contributed by atoms with van der Waals surface area (Å²) in [6, 6.07) is 9.11. The summed E-state index contributed by atoms with van der Waals surface area (Å²) in [5.41, 5.74) is 1.38. The lowest BCUT2D eigenvalue weighted by Crippen LogP contribution is -2.31. The number of benzene rings is 1. The molecule has 0 aromatic heterocycles. The molecule has 0 radical (unpaired) electrons. The monoisotopic (exact) mass is 311 g/mol. The smallest absolute Gasteiger partial charge is 0.0540 e.